The van der Waals surface area contributed by atoms with Gasteiger partial charge in [-0.2, -0.15) is 0 Å². The monoisotopic (exact) mass is 448 g/mol. The van der Waals surface area contributed by atoms with Crippen LogP contribution in [0.15, 0.2) is 0 Å². The molecule has 7 nitrogen and oxygen atoms in total. The van der Waals surface area contributed by atoms with E-state index in [-0.39, 0.29) is 29.5 Å². The average molecular weight is 449 g/mol. The van der Waals surface area contributed by atoms with Gasteiger partial charge in [0.25, 0.3) is 5.91 Å². The molecule has 3 aliphatic rings. The molecule has 0 spiro atoms. The largest absolute Gasteiger partial charge is 0.346 e. The van der Waals surface area contributed by atoms with Crippen molar-refractivity contribution in [3.05, 3.63) is 22.0 Å². The Morgan fingerprint density at radius 3 is 2.53 bits per heavy atom. The van der Waals surface area contributed by atoms with Crippen molar-refractivity contribution in [2.75, 3.05) is 24.6 Å². The van der Waals surface area contributed by atoms with Crippen LogP contribution in [0.3, 0.4) is 0 Å². The van der Waals surface area contributed by atoms with Crippen molar-refractivity contribution in [3.8, 4) is 0 Å². The SMILES string of the molecule is Cc1nc(C2CC2)nc2sc(C(=O)N[C@@H]3CS(=O)(=O)C[C@@H]3N3CCCCC3)c(C)c12. The second kappa shape index (κ2) is 7.53. The minimum Gasteiger partial charge on any atom is -0.346 e. The van der Waals surface area contributed by atoms with Gasteiger partial charge in [-0.3, -0.25) is 9.69 Å². The number of thiophene rings is 1. The topological polar surface area (TPSA) is 92.3 Å². The van der Waals surface area contributed by atoms with E-state index in [1.807, 2.05) is 13.8 Å². The number of likely N-dealkylation sites (tertiary alicyclic amines) is 1. The molecule has 3 fully saturated rings. The number of hydrogen-bond donors (Lipinski definition) is 1. The molecule has 2 aliphatic heterocycles. The van der Waals surface area contributed by atoms with Gasteiger partial charge < -0.3 is 5.32 Å². The Morgan fingerprint density at radius 2 is 1.83 bits per heavy atom. The minimum absolute atomic E-state index is 0.0223. The van der Waals surface area contributed by atoms with Crippen LogP contribution in [0.25, 0.3) is 10.2 Å². The average Bonchev–Trinajstić information content (AvgIpc) is 3.43. The molecule has 9 heteroatoms. The molecule has 2 atom stereocenters. The molecule has 30 heavy (non-hydrogen) atoms. The van der Waals surface area contributed by atoms with Crippen LogP contribution in [-0.2, 0) is 9.84 Å². The van der Waals surface area contributed by atoms with Gasteiger partial charge >= 0.3 is 0 Å². The van der Waals surface area contributed by atoms with E-state index in [1.54, 1.807) is 0 Å². The van der Waals surface area contributed by atoms with Crippen LogP contribution in [0, 0.1) is 13.8 Å². The van der Waals surface area contributed by atoms with E-state index in [2.05, 4.69) is 15.2 Å². The molecule has 162 valence electrons. The molecule has 4 heterocycles. The van der Waals surface area contributed by atoms with Crippen LogP contribution < -0.4 is 5.32 Å². The molecule has 0 aromatic carbocycles. The third-order valence-corrected chi connectivity index (χ3v) is 9.54. The van der Waals surface area contributed by atoms with Crippen molar-refractivity contribution >= 4 is 37.3 Å². The fraction of sp³-hybridized carbons (Fsp3) is 0.667. The number of carbonyl (C=O) groups is 1. The second-order valence-electron chi connectivity index (χ2n) is 9.00. The van der Waals surface area contributed by atoms with Gasteiger partial charge in [-0.25, -0.2) is 18.4 Å². The highest BCUT2D eigenvalue weighted by Crippen LogP contribution is 2.40. The number of piperidine rings is 1. The lowest BCUT2D eigenvalue weighted by atomic mass is 10.0. The summed E-state index contributed by atoms with van der Waals surface area (Å²) in [7, 11) is -3.15. The van der Waals surface area contributed by atoms with Crippen molar-refractivity contribution in [1.82, 2.24) is 20.2 Å². The quantitative estimate of drug-likeness (QED) is 0.773. The van der Waals surface area contributed by atoms with E-state index < -0.39 is 9.84 Å². The van der Waals surface area contributed by atoms with Gasteiger partial charge in [0, 0.05) is 17.3 Å². The van der Waals surface area contributed by atoms with Gasteiger partial charge in [-0.15, -0.1) is 11.3 Å². The summed E-state index contributed by atoms with van der Waals surface area (Å²) in [5.74, 6) is 1.32. The lowest BCUT2D eigenvalue weighted by Gasteiger charge is -2.34. The van der Waals surface area contributed by atoms with Gasteiger partial charge in [0.2, 0.25) is 0 Å². The smallest absolute Gasteiger partial charge is 0.262 e. The van der Waals surface area contributed by atoms with Crippen LogP contribution >= 0.6 is 11.3 Å². The third-order valence-electron chi connectivity index (χ3n) is 6.64. The van der Waals surface area contributed by atoms with Gasteiger partial charge in [-0.1, -0.05) is 6.42 Å². The minimum atomic E-state index is -3.15. The number of aromatic nitrogens is 2. The molecule has 2 saturated heterocycles. The molecule has 2 aromatic heterocycles. The Labute approximate surface area is 181 Å². The summed E-state index contributed by atoms with van der Waals surface area (Å²) in [6, 6.07) is -0.489. The molecule has 0 radical (unpaired) electrons. The summed E-state index contributed by atoms with van der Waals surface area (Å²) < 4.78 is 24.8. The van der Waals surface area contributed by atoms with Gasteiger partial charge in [0.05, 0.1) is 28.1 Å². The van der Waals surface area contributed by atoms with Crippen molar-refractivity contribution in [2.24, 2.45) is 0 Å². The summed E-state index contributed by atoms with van der Waals surface area (Å²) in [5, 5.41) is 4.03. The predicted octanol–water partition coefficient (Wildman–Crippen LogP) is 2.57. The van der Waals surface area contributed by atoms with Gasteiger partial charge in [0.1, 0.15) is 10.7 Å². The standard InChI is InChI=1S/C21H28N4O3S2/c1-12-17-13(2)22-19(14-6-7-14)24-21(17)29-18(12)20(26)23-15-10-30(27,28)11-16(15)25-8-4-3-5-9-25/h14-16H,3-11H2,1-2H3,(H,23,26)/t15-,16+/m1/s1. The fourth-order valence-corrected chi connectivity index (χ4v) is 8.01. The number of fused-ring (bicyclic) bond motifs is 1. The van der Waals surface area contributed by atoms with Crippen LogP contribution in [0.4, 0.5) is 0 Å². The zero-order chi connectivity index (χ0) is 21.0. The molecule has 5 rings (SSSR count). The Kier molecular flexibility index (Phi) is 5.10. The van der Waals surface area contributed by atoms with Crippen molar-refractivity contribution in [1.29, 1.82) is 0 Å². The Balaban J connectivity index is 1.42. The van der Waals surface area contributed by atoms with E-state index in [0.29, 0.717) is 10.8 Å². The lowest BCUT2D eigenvalue weighted by molar-refractivity contribution is 0.0903. The van der Waals surface area contributed by atoms with Crippen LogP contribution in [0.2, 0.25) is 0 Å². The maximum absolute atomic E-state index is 13.2. The number of sulfone groups is 1. The maximum atomic E-state index is 13.2. The third kappa shape index (κ3) is 3.76. The fourth-order valence-electron chi connectivity index (χ4n) is 4.91. The van der Waals surface area contributed by atoms with E-state index >= 15 is 0 Å². The van der Waals surface area contributed by atoms with Gasteiger partial charge in [-0.05, 0) is 58.2 Å². The normalized spacial score (nSPS) is 26.9. The van der Waals surface area contributed by atoms with Crippen molar-refractivity contribution in [2.45, 2.75) is 64.0 Å². The first-order chi connectivity index (χ1) is 14.3. The van der Waals surface area contributed by atoms with E-state index in [0.717, 1.165) is 66.1 Å². The molecule has 0 bridgehead atoms. The zero-order valence-corrected chi connectivity index (χ0v) is 19.1. The number of hydrogen-bond acceptors (Lipinski definition) is 7. The van der Waals surface area contributed by atoms with Crippen molar-refractivity contribution in [3.63, 3.8) is 0 Å². The molecule has 0 unspecified atom stereocenters. The summed E-state index contributed by atoms with van der Waals surface area (Å²) in [4.78, 5) is 26.3. The predicted molar refractivity (Wildman–Crippen MR) is 118 cm³/mol. The van der Waals surface area contributed by atoms with E-state index in [1.165, 1.54) is 17.8 Å². The van der Waals surface area contributed by atoms with Gasteiger partial charge in [0.15, 0.2) is 9.84 Å². The summed E-state index contributed by atoms with van der Waals surface area (Å²) >= 11 is 1.40. The van der Waals surface area contributed by atoms with Crippen molar-refractivity contribution < 1.29 is 13.2 Å². The highest BCUT2D eigenvalue weighted by molar-refractivity contribution is 7.91. The molecule has 1 N–H and O–H groups in total. The number of nitrogens with zero attached hydrogens (tertiary/aromatic N) is 3. The molecular formula is C21H28N4O3S2. The van der Waals surface area contributed by atoms with Crippen LogP contribution in [0.1, 0.15) is 64.8 Å². The summed E-state index contributed by atoms with van der Waals surface area (Å²) in [6.07, 6.45) is 5.65. The summed E-state index contributed by atoms with van der Waals surface area (Å²) in [6.45, 7) is 5.74. The zero-order valence-electron chi connectivity index (χ0n) is 17.5. The first-order valence-corrected chi connectivity index (χ1v) is 13.5. The van der Waals surface area contributed by atoms with Crippen LogP contribution in [0.5, 0.6) is 0 Å². The molecular weight excluding hydrogens is 420 g/mol. The molecule has 1 saturated carbocycles. The number of rotatable bonds is 4. The molecule has 1 aliphatic carbocycles. The Morgan fingerprint density at radius 1 is 1.10 bits per heavy atom. The van der Waals surface area contributed by atoms with E-state index in [9.17, 15) is 13.2 Å². The van der Waals surface area contributed by atoms with Crippen LogP contribution in [-0.4, -0.2) is 65.9 Å². The first kappa shape index (κ1) is 20.3. The highest BCUT2D eigenvalue weighted by atomic mass is 32.2. The Hall–Kier alpha value is -1.58. The number of amides is 1. The summed E-state index contributed by atoms with van der Waals surface area (Å²) in [5.41, 5.74) is 1.81. The Bertz CT molecular complexity index is 1100. The second-order valence-corrected chi connectivity index (χ2v) is 12.2. The lowest BCUT2D eigenvalue weighted by Crippen LogP contribution is -2.52. The number of aryl methyl sites for hydroxylation is 2. The molecule has 2 aromatic rings. The highest BCUT2D eigenvalue weighted by Gasteiger charge is 2.42. The first-order valence-electron chi connectivity index (χ1n) is 10.9. The molecule has 1 amide bonds. The van der Waals surface area contributed by atoms with E-state index in [4.69, 9.17) is 4.98 Å². The number of nitrogens with one attached hydrogen (secondary N) is 1. The number of carbonyl (C=O) groups excluding carboxylic acids is 1. The maximum Gasteiger partial charge on any atom is 0.262 e.